The van der Waals surface area contributed by atoms with Gasteiger partial charge in [0.1, 0.15) is 0 Å². The minimum Gasteiger partial charge on any atom is -0.0933 e. The van der Waals surface area contributed by atoms with E-state index in [-0.39, 0.29) is 0 Å². The number of rotatable bonds is 5. The van der Waals surface area contributed by atoms with Gasteiger partial charge < -0.3 is 0 Å². The molecule has 0 aliphatic carbocycles. The van der Waals surface area contributed by atoms with Crippen molar-refractivity contribution >= 4 is 60.1 Å². The van der Waals surface area contributed by atoms with Crippen LogP contribution < -0.4 is 0 Å². The van der Waals surface area contributed by atoms with Crippen LogP contribution in [0, 0.1) is 0 Å². The van der Waals surface area contributed by atoms with Crippen LogP contribution in [0.5, 0.6) is 0 Å². The third kappa shape index (κ3) is 7.91. The van der Waals surface area contributed by atoms with Crippen molar-refractivity contribution in [1.29, 1.82) is 0 Å². The van der Waals surface area contributed by atoms with E-state index in [1.54, 1.807) is 0 Å². The van der Waals surface area contributed by atoms with Crippen molar-refractivity contribution in [2.24, 2.45) is 0 Å². The normalized spacial score (nSPS) is 9.75. The molecule has 0 N–H and O–H groups in total. The Morgan fingerprint density at radius 1 is 1.25 bits per heavy atom. The van der Waals surface area contributed by atoms with Gasteiger partial charge in [0.2, 0.25) is 0 Å². The van der Waals surface area contributed by atoms with Gasteiger partial charge in [-0.3, -0.25) is 0 Å². The van der Waals surface area contributed by atoms with Gasteiger partial charge in [0.05, 0.1) is 0 Å². The molecule has 8 heavy (non-hydrogen) atoms. The van der Waals surface area contributed by atoms with Crippen molar-refractivity contribution in [2.75, 3.05) is 21.3 Å². The van der Waals surface area contributed by atoms with Gasteiger partial charge in [0.25, 0.3) is 0 Å². The van der Waals surface area contributed by atoms with Gasteiger partial charge in [-0.2, -0.15) is 0 Å². The largest absolute Gasteiger partial charge is 0.0933 e. The Morgan fingerprint density at radius 3 is 2.38 bits per heavy atom. The zero-order valence-electron chi connectivity index (χ0n) is 4.40. The summed E-state index contributed by atoms with van der Waals surface area (Å²) in [6.45, 7) is 0. The Hall–Kier alpha value is 1.91. The molecule has 0 aromatic rings. The van der Waals surface area contributed by atoms with Gasteiger partial charge in [-0.15, -0.1) is 0 Å². The predicted molar refractivity (Wildman–Crippen MR) is 57.6 cm³/mol. The summed E-state index contributed by atoms with van der Waals surface area (Å²) in [6.07, 6.45) is 0. The third-order valence-corrected chi connectivity index (χ3v) is 5.01. The van der Waals surface area contributed by atoms with E-state index in [1.807, 2.05) is 21.6 Å². The molecule has 0 saturated carbocycles. The molecular weight excluding hydrogens is 319 g/mol. The Labute approximate surface area is 80.6 Å². The molecule has 0 atom stereocenters. The van der Waals surface area contributed by atoms with E-state index in [1.165, 1.54) is 15.9 Å². The van der Waals surface area contributed by atoms with Crippen molar-refractivity contribution < 1.29 is 0 Å². The van der Waals surface area contributed by atoms with Crippen molar-refractivity contribution in [1.82, 2.24) is 0 Å². The van der Waals surface area contributed by atoms with Crippen LogP contribution in [0.25, 0.3) is 0 Å². The first-order valence-corrected chi connectivity index (χ1v) is 7.41. The summed E-state index contributed by atoms with van der Waals surface area (Å²) in [5.74, 6) is 2.50. The maximum Gasteiger partial charge on any atom is 0.0134 e. The molecule has 0 unspecified atom stereocenters. The van der Waals surface area contributed by atoms with E-state index in [0.29, 0.717) is 0 Å². The Kier molecular flexibility index (Phi) is 11.0. The van der Waals surface area contributed by atoms with Crippen LogP contribution >= 0.6 is 60.1 Å². The lowest BCUT2D eigenvalue weighted by Crippen LogP contribution is -1.76. The molecule has 0 amide bonds. The fraction of sp³-hybridized carbons (Fsp3) is 1.00. The van der Waals surface area contributed by atoms with Crippen molar-refractivity contribution in [3.8, 4) is 0 Å². The van der Waals surface area contributed by atoms with Crippen molar-refractivity contribution in [3.05, 3.63) is 0 Å². The quantitative estimate of drug-likeness (QED) is 0.329. The van der Waals surface area contributed by atoms with E-state index in [4.69, 9.17) is 0 Å². The summed E-state index contributed by atoms with van der Waals surface area (Å²) in [4.78, 5) is 0. The number of halogens is 2. The summed E-state index contributed by atoms with van der Waals surface area (Å²) >= 11 is 5.76. The predicted octanol–water partition coefficient (Wildman–Crippen LogP) is 3.20. The first-order chi connectivity index (χ1) is 3.91. The van der Waals surface area contributed by atoms with Gasteiger partial charge >= 0.3 is 0 Å². The Morgan fingerprint density at radius 2 is 1.88 bits per heavy atom. The summed E-state index contributed by atoms with van der Waals surface area (Å²) < 4.78 is 1.26. The molecular formula is C4H8BrIS2. The minimum absolute atomic E-state index is 1.12. The molecule has 0 aliphatic rings. The molecule has 0 nitrogen and oxygen atoms in total. The highest BCUT2D eigenvalue weighted by Gasteiger charge is 1.85. The highest BCUT2D eigenvalue weighted by molar-refractivity contribution is 14.1. The van der Waals surface area contributed by atoms with E-state index >= 15 is 0 Å². The second kappa shape index (κ2) is 8.91. The van der Waals surface area contributed by atoms with Gasteiger partial charge in [-0.25, -0.2) is 0 Å². The molecule has 0 aliphatic heterocycles. The molecule has 50 valence electrons. The van der Waals surface area contributed by atoms with Crippen LogP contribution in [0.2, 0.25) is 0 Å². The smallest absolute Gasteiger partial charge is 0.0134 e. The second-order valence-corrected chi connectivity index (χ2v) is 5.60. The highest BCUT2D eigenvalue weighted by atomic mass is 127. The van der Waals surface area contributed by atoms with Crippen LogP contribution in [-0.4, -0.2) is 21.3 Å². The maximum atomic E-state index is 3.37. The molecule has 0 saturated heterocycles. The Balaban J connectivity index is 2.53. The first-order valence-electron chi connectivity index (χ1n) is 2.28. The lowest BCUT2D eigenvalue weighted by molar-refractivity contribution is 1.59. The second-order valence-electron chi connectivity index (χ2n) is 1.02. The topological polar surface area (TPSA) is 0 Å². The highest BCUT2D eigenvalue weighted by Crippen LogP contribution is 2.21. The van der Waals surface area contributed by atoms with Crippen LogP contribution in [0.3, 0.4) is 0 Å². The van der Waals surface area contributed by atoms with Gasteiger partial charge in [-0.05, 0) is 0 Å². The zero-order chi connectivity index (χ0) is 6.24. The maximum absolute atomic E-state index is 3.37. The molecule has 0 radical (unpaired) electrons. The molecule has 0 fully saturated rings. The molecule has 4 heteroatoms. The standard InChI is InChI=1S/C4H8BrIS2/c5-1-3-7-8-4-2-6/h1-4H2. The summed E-state index contributed by atoms with van der Waals surface area (Å²) in [7, 11) is 3.90. The molecule has 0 aromatic carbocycles. The van der Waals surface area contributed by atoms with E-state index in [9.17, 15) is 0 Å². The molecule has 0 spiro atoms. The minimum atomic E-state index is 1.12. The van der Waals surface area contributed by atoms with Gasteiger partial charge in [0, 0.05) is 21.3 Å². The summed E-state index contributed by atoms with van der Waals surface area (Å²) in [5.41, 5.74) is 0. The molecule has 0 bridgehead atoms. The van der Waals surface area contributed by atoms with Crippen LogP contribution in [-0.2, 0) is 0 Å². The van der Waals surface area contributed by atoms with Crippen molar-refractivity contribution in [3.63, 3.8) is 0 Å². The van der Waals surface area contributed by atoms with Crippen LogP contribution in [0.1, 0.15) is 0 Å². The van der Waals surface area contributed by atoms with Gasteiger partial charge in [-0.1, -0.05) is 60.1 Å². The average molecular weight is 327 g/mol. The van der Waals surface area contributed by atoms with E-state index in [0.717, 1.165) is 5.33 Å². The summed E-state index contributed by atoms with van der Waals surface area (Å²) in [5, 5.41) is 1.12. The zero-order valence-corrected chi connectivity index (χ0v) is 9.78. The molecule has 0 aromatic heterocycles. The van der Waals surface area contributed by atoms with E-state index in [2.05, 4.69) is 38.5 Å². The molecule has 0 rings (SSSR count). The average Bonchev–Trinajstić information content (AvgIpc) is 1.81. The fourth-order valence-corrected chi connectivity index (χ4v) is 4.44. The lowest BCUT2D eigenvalue weighted by atomic mass is 11.0. The van der Waals surface area contributed by atoms with Crippen LogP contribution in [0.4, 0.5) is 0 Å². The SMILES string of the molecule is BrCCSSCCI. The fourth-order valence-electron chi connectivity index (χ4n) is 0.181. The Bertz CT molecular complexity index is 39.0. The first kappa shape index (κ1) is 9.91. The van der Waals surface area contributed by atoms with Crippen LogP contribution in [0.15, 0.2) is 0 Å². The number of hydrogen-bond donors (Lipinski definition) is 0. The lowest BCUT2D eigenvalue weighted by Gasteiger charge is -1.92. The monoisotopic (exact) mass is 326 g/mol. The molecule has 0 heterocycles. The van der Waals surface area contributed by atoms with Crippen molar-refractivity contribution in [2.45, 2.75) is 0 Å². The van der Waals surface area contributed by atoms with E-state index < -0.39 is 0 Å². The summed E-state index contributed by atoms with van der Waals surface area (Å²) in [6, 6.07) is 0. The number of alkyl halides is 2. The number of hydrogen-bond acceptors (Lipinski definition) is 2. The van der Waals surface area contributed by atoms with Gasteiger partial charge in [0.15, 0.2) is 0 Å². The third-order valence-electron chi connectivity index (χ3n) is 0.404.